The van der Waals surface area contributed by atoms with Crippen molar-refractivity contribution in [3.8, 4) is 0 Å². The van der Waals surface area contributed by atoms with Gasteiger partial charge in [-0.15, -0.1) is 0 Å². The molecule has 1 aliphatic rings. The highest BCUT2D eigenvalue weighted by molar-refractivity contribution is 5.48. The molecule has 0 saturated carbocycles. The summed E-state index contributed by atoms with van der Waals surface area (Å²) in [6.45, 7) is 0.449. The molecule has 19 heavy (non-hydrogen) atoms. The molecular weight excluding hydrogens is 252 g/mol. The van der Waals surface area contributed by atoms with Crippen LogP contribution in [0.5, 0.6) is 0 Å². The average Bonchev–Trinajstić information content (AvgIpc) is 2.38. The van der Waals surface area contributed by atoms with Crippen LogP contribution in [0.15, 0.2) is 35.3 Å². The van der Waals surface area contributed by atoms with Gasteiger partial charge >= 0.3 is 0 Å². The number of halogens is 2. The molecule has 0 atom stereocenters. The zero-order valence-corrected chi connectivity index (χ0v) is 10.2. The maximum Gasteiger partial charge on any atom is 0.259 e. The van der Waals surface area contributed by atoms with E-state index < -0.39 is 5.92 Å². The molecule has 6 heteroatoms. The third-order valence-electron chi connectivity index (χ3n) is 3.38. The fraction of sp³-hybridized carbons (Fsp3) is 0.385. The lowest BCUT2D eigenvalue weighted by Crippen LogP contribution is -2.40. The topological polar surface area (TPSA) is 37.6 Å². The average molecular weight is 265 g/mol. The molecule has 100 valence electrons. The van der Waals surface area contributed by atoms with E-state index in [2.05, 4.69) is 4.98 Å². The Hall–Kier alpha value is -1.98. The fourth-order valence-electron chi connectivity index (χ4n) is 2.27. The van der Waals surface area contributed by atoms with Gasteiger partial charge in [0.1, 0.15) is 11.5 Å². The zero-order chi connectivity index (χ0) is 13.5. The van der Waals surface area contributed by atoms with E-state index in [0.29, 0.717) is 11.5 Å². The van der Waals surface area contributed by atoms with Gasteiger partial charge in [0, 0.05) is 38.2 Å². The van der Waals surface area contributed by atoms with Gasteiger partial charge in [0.15, 0.2) is 0 Å². The molecule has 0 bridgehead atoms. The maximum absolute atomic E-state index is 13.1. The van der Waals surface area contributed by atoms with Crippen molar-refractivity contribution in [1.29, 1.82) is 0 Å². The normalized spacial score (nSPS) is 18.7. The van der Waals surface area contributed by atoms with Crippen LogP contribution >= 0.6 is 0 Å². The molecule has 0 N–H and O–H groups in total. The van der Waals surface area contributed by atoms with Gasteiger partial charge in [0.05, 0.1) is 0 Å². The van der Waals surface area contributed by atoms with E-state index in [1.54, 1.807) is 29.3 Å². The second-order valence-electron chi connectivity index (χ2n) is 4.72. The van der Waals surface area contributed by atoms with E-state index in [-0.39, 0.29) is 31.5 Å². The van der Waals surface area contributed by atoms with Crippen molar-refractivity contribution in [3.63, 3.8) is 0 Å². The molecular formula is C13H13F2N3O. The van der Waals surface area contributed by atoms with Gasteiger partial charge in [-0.1, -0.05) is 6.07 Å². The molecule has 0 amide bonds. The van der Waals surface area contributed by atoms with Crippen molar-refractivity contribution in [3.05, 3.63) is 40.8 Å². The summed E-state index contributed by atoms with van der Waals surface area (Å²) in [6.07, 6.45) is 1.25. The SMILES string of the molecule is O=c1cc(N2CCC(F)(F)CC2)nc2ccccn12. The molecule has 0 aromatic carbocycles. The van der Waals surface area contributed by atoms with Crippen LogP contribution in [-0.4, -0.2) is 28.4 Å². The number of rotatable bonds is 1. The lowest BCUT2D eigenvalue weighted by Gasteiger charge is -2.32. The van der Waals surface area contributed by atoms with Crippen LogP contribution in [0, 0.1) is 0 Å². The number of nitrogens with zero attached hydrogens (tertiary/aromatic N) is 3. The van der Waals surface area contributed by atoms with E-state index in [4.69, 9.17) is 0 Å². The lowest BCUT2D eigenvalue weighted by molar-refractivity contribution is -0.0221. The van der Waals surface area contributed by atoms with Gasteiger partial charge in [0.2, 0.25) is 0 Å². The highest BCUT2D eigenvalue weighted by atomic mass is 19.3. The monoisotopic (exact) mass is 265 g/mol. The van der Waals surface area contributed by atoms with Gasteiger partial charge in [-0.25, -0.2) is 13.8 Å². The summed E-state index contributed by atoms with van der Waals surface area (Å²) in [7, 11) is 0. The summed E-state index contributed by atoms with van der Waals surface area (Å²) < 4.78 is 27.7. The minimum Gasteiger partial charge on any atom is -0.356 e. The first kappa shape index (κ1) is 12.1. The quantitative estimate of drug-likeness (QED) is 0.790. The second-order valence-corrected chi connectivity index (χ2v) is 4.72. The number of pyridine rings is 1. The Balaban J connectivity index is 1.96. The summed E-state index contributed by atoms with van der Waals surface area (Å²) in [4.78, 5) is 18.0. The molecule has 1 fully saturated rings. The third kappa shape index (κ3) is 2.30. The van der Waals surface area contributed by atoms with E-state index in [0.717, 1.165) is 0 Å². The van der Waals surface area contributed by atoms with E-state index >= 15 is 0 Å². The molecule has 3 heterocycles. The highest BCUT2D eigenvalue weighted by Crippen LogP contribution is 2.29. The Kier molecular flexibility index (Phi) is 2.73. The van der Waals surface area contributed by atoms with Gasteiger partial charge < -0.3 is 4.90 Å². The molecule has 0 spiro atoms. The van der Waals surface area contributed by atoms with E-state index in [1.807, 2.05) is 0 Å². The molecule has 0 unspecified atom stereocenters. The Morgan fingerprint density at radius 3 is 2.68 bits per heavy atom. The number of hydrogen-bond acceptors (Lipinski definition) is 3. The van der Waals surface area contributed by atoms with E-state index in [1.165, 1.54) is 10.5 Å². The van der Waals surface area contributed by atoms with E-state index in [9.17, 15) is 13.6 Å². The molecule has 0 radical (unpaired) electrons. The minimum absolute atomic E-state index is 0.192. The van der Waals surface area contributed by atoms with Crippen LogP contribution in [0.2, 0.25) is 0 Å². The summed E-state index contributed by atoms with van der Waals surface area (Å²) in [5.41, 5.74) is 0.334. The Bertz CT molecular complexity index is 658. The Labute approximate surface area is 108 Å². The second kappa shape index (κ2) is 4.29. The van der Waals surface area contributed by atoms with Crippen molar-refractivity contribution in [1.82, 2.24) is 9.38 Å². The van der Waals surface area contributed by atoms with Gasteiger partial charge in [-0.3, -0.25) is 9.20 Å². The lowest BCUT2D eigenvalue weighted by atomic mass is 10.1. The summed E-state index contributed by atoms with van der Waals surface area (Å²) in [5.74, 6) is -2.12. The Morgan fingerprint density at radius 1 is 1.21 bits per heavy atom. The molecule has 4 nitrogen and oxygen atoms in total. The number of alkyl halides is 2. The van der Waals surface area contributed by atoms with Crippen LogP contribution in [0.25, 0.3) is 5.65 Å². The standard InChI is InChI=1S/C13H13F2N3O/c14-13(15)4-7-17(8-5-13)11-9-12(19)18-6-2-1-3-10(18)16-11/h1-3,6,9H,4-5,7-8H2. The summed E-state index contributed by atoms with van der Waals surface area (Å²) in [5, 5.41) is 0. The largest absolute Gasteiger partial charge is 0.356 e. The summed E-state index contributed by atoms with van der Waals surface area (Å²) >= 11 is 0. The molecule has 0 aliphatic carbocycles. The van der Waals surface area contributed by atoms with Crippen LogP contribution in [-0.2, 0) is 0 Å². The molecule has 2 aromatic rings. The molecule has 1 aliphatic heterocycles. The zero-order valence-electron chi connectivity index (χ0n) is 10.2. The number of fused-ring (bicyclic) bond motifs is 1. The minimum atomic E-state index is -2.59. The first-order valence-corrected chi connectivity index (χ1v) is 6.16. The first-order chi connectivity index (χ1) is 9.05. The van der Waals surface area contributed by atoms with Crippen molar-refractivity contribution in [2.24, 2.45) is 0 Å². The van der Waals surface area contributed by atoms with Gasteiger partial charge in [0.25, 0.3) is 11.5 Å². The van der Waals surface area contributed by atoms with Gasteiger partial charge in [-0.05, 0) is 12.1 Å². The van der Waals surface area contributed by atoms with Crippen LogP contribution in [0.1, 0.15) is 12.8 Å². The molecule has 3 rings (SSSR count). The van der Waals surface area contributed by atoms with Crippen molar-refractivity contribution < 1.29 is 8.78 Å². The van der Waals surface area contributed by atoms with Crippen molar-refractivity contribution in [2.75, 3.05) is 18.0 Å². The number of piperidine rings is 1. The van der Waals surface area contributed by atoms with Gasteiger partial charge in [-0.2, -0.15) is 0 Å². The summed E-state index contributed by atoms with van der Waals surface area (Å²) in [6, 6.07) is 6.66. The predicted molar refractivity (Wildman–Crippen MR) is 67.9 cm³/mol. The molecule has 2 aromatic heterocycles. The van der Waals surface area contributed by atoms with Crippen molar-refractivity contribution in [2.45, 2.75) is 18.8 Å². The third-order valence-corrected chi connectivity index (χ3v) is 3.38. The van der Waals surface area contributed by atoms with Crippen LogP contribution in [0.3, 0.4) is 0 Å². The highest BCUT2D eigenvalue weighted by Gasteiger charge is 2.34. The first-order valence-electron chi connectivity index (χ1n) is 6.16. The number of hydrogen-bond donors (Lipinski definition) is 0. The predicted octanol–water partition coefficient (Wildman–Crippen LogP) is 1.93. The number of anilines is 1. The maximum atomic E-state index is 13.1. The fourth-order valence-corrected chi connectivity index (χ4v) is 2.27. The van der Waals surface area contributed by atoms with Crippen molar-refractivity contribution >= 4 is 11.5 Å². The van der Waals surface area contributed by atoms with Crippen LogP contribution < -0.4 is 10.5 Å². The van der Waals surface area contributed by atoms with Crippen LogP contribution in [0.4, 0.5) is 14.6 Å². The smallest absolute Gasteiger partial charge is 0.259 e. The number of aromatic nitrogens is 2. The Morgan fingerprint density at radius 2 is 1.95 bits per heavy atom. The molecule has 1 saturated heterocycles.